The number of aromatic nitrogens is 4. The van der Waals surface area contributed by atoms with Gasteiger partial charge in [0.15, 0.2) is 11.2 Å². The van der Waals surface area contributed by atoms with Gasteiger partial charge in [0.25, 0.3) is 11.2 Å². The highest BCUT2D eigenvalue weighted by Gasteiger charge is 2.24. The lowest BCUT2D eigenvalue weighted by Gasteiger charge is -2.23. The number of aryl methyl sites for hydroxylation is 1. The van der Waals surface area contributed by atoms with Gasteiger partial charge in [-0.25, -0.2) is 4.79 Å². The molecular formula is C20H24N6O4. The number of hydrogen-bond donors (Lipinski definition) is 1. The van der Waals surface area contributed by atoms with Crippen molar-refractivity contribution in [1.82, 2.24) is 18.7 Å². The van der Waals surface area contributed by atoms with Crippen molar-refractivity contribution in [1.29, 1.82) is 0 Å². The number of anilines is 1. The lowest BCUT2D eigenvalue weighted by atomic mass is 9.96. The average Bonchev–Trinajstić information content (AvgIpc) is 3.09. The van der Waals surface area contributed by atoms with Crippen molar-refractivity contribution < 1.29 is 4.92 Å². The molecule has 4 rings (SSSR count). The highest BCUT2D eigenvalue weighted by atomic mass is 16.6. The van der Waals surface area contributed by atoms with Crippen molar-refractivity contribution in [3.8, 4) is 0 Å². The zero-order valence-electron chi connectivity index (χ0n) is 17.0. The van der Waals surface area contributed by atoms with Gasteiger partial charge in [-0.15, -0.1) is 0 Å². The molecule has 1 aliphatic carbocycles. The van der Waals surface area contributed by atoms with E-state index >= 15 is 0 Å². The molecule has 0 atom stereocenters. The molecule has 10 heteroatoms. The van der Waals surface area contributed by atoms with Gasteiger partial charge in [0.1, 0.15) is 0 Å². The maximum absolute atomic E-state index is 13.0. The van der Waals surface area contributed by atoms with Crippen LogP contribution >= 0.6 is 0 Å². The summed E-state index contributed by atoms with van der Waals surface area (Å²) in [7, 11) is 2.98. The molecule has 0 radical (unpaired) electrons. The smallest absolute Gasteiger partial charge is 0.332 e. The van der Waals surface area contributed by atoms with E-state index in [9.17, 15) is 19.7 Å². The molecule has 0 amide bonds. The number of hydrogen-bond acceptors (Lipinski definition) is 6. The molecule has 30 heavy (non-hydrogen) atoms. The molecule has 1 aromatic carbocycles. The number of imidazole rings is 1. The molecule has 0 unspecified atom stereocenters. The monoisotopic (exact) mass is 412 g/mol. The van der Waals surface area contributed by atoms with Crippen LogP contribution < -0.4 is 16.6 Å². The first-order chi connectivity index (χ1) is 14.4. The second-order valence-corrected chi connectivity index (χ2v) is 7.76. The summed E-state index contributed by atoms with van der Waals surface area (Å²) in [5.41, 5.74) is 0.00741. The third-order valence-electron chi connectivity index (χ3n) is 5.80. The summed E-state index contributed by atoms with van der Waals surface area (Å²) >= 11 is 0. The Morgan fingerprint density at radius 1 is 1.13 bits per heavy atom. The van der Waals surface area contributed by atoms with E-state index < -0.39 is 16.2 Å². The lowest BCUT2D eigenvalue weighted by molar-refractivity contribution is -0.385. The molecule has 158 valence electrons. The van der Waals surface area contributed by atoms with Crippen molar-refractivity contribution in [2.24, 2.45) is 14.1 Å². The van der Waals surface area contributed by atoms with E-state index in [2.05, 4.69) is 10.3 Å². The summed E-state index contributed by atoms with van der Waals surface area (Å²) in [5, 5.41) is 14.9. The van der Waals surface area contributed by atoms with Crippen LogP contribution in [0.5, 0.6) is 0 Å². The van der Waals surface area contributed by atoms with Gasteiger partial charge in [-0.05, 0) is 12.8 Å². The van der Waals surface area contributed by atoms with E-state index in [0.717, 1.165) is 30.3 Å². The molecule has 0 bridgehead atoms. The SMILES string of the molecule is Cn1c(=O)c2c(nc(NC3CCCCC3)n2Cc2ccccc2[N+](=O)[O-])n(C)c1=O. The Hall–Kier alpha value is -3.43. The first kappa shape index (κ1) is 19.9. The molecule has 1 fully saturated rings. The van der Waals surface area contributed by atoms with Crippen molar-refractivity contribution in [3.05, 3.63) is 60.8 Å². The molecule has 0 spiro atoms. The minimum atomic E-state index is -0.476. The number of nitro groups is 1. The Kier molecular flexibility index (Phi) is 5.15. The Labute approximate surface area is 171 Å². The molecular weight excluding hydrogens is 388 g/mol. The first-order valence-electron chi connectivity index (χ1n) is 10.0. The molecule has 1 N–H and O–H groups in total. The van der Waals surface area contributed by atoms with Crippen LogP contribution in [-0.4, -0.2) is 29.7 Å². The highest BCUT2D eigenvalue weighted by molar-refractivity contribution is 5.74. The number of para-hydroxylation sites is 1. The van der Waals surface area contributed by atoms with Gasteiger partial charge >= 0.3 is 5.69 Å². The fraction of sp³-hybridized carbons (Fsp3) is 0.450. The van der Waals surface area contributed by atoms with E-state index in [-0.39, 0.29) is 29.4 Å². The molecule has 0 saturated heterocycles. The zero-order valence-corrected chi connectivity index (χ0v) is 17.0. The van der Waals surface area contributed by atoms with Crippen LogP contribution in [0.4, 0.5) is 11.6 Å². The fourth-order valence-electron chi connectivity index (χ4n) is 4.13. The van der Waals surface area contributed by atoms with Gasteiger partial charge in [-0.2, -0.15) is 4.98 Å². The van der Waals surface area contributed by atoms with Gasteiger partial charge in [0, 0.05) is 31.8 Å². The summed E-state index contributed by atoms with van der Waals surface area (Å²) in [4.78, 5) is 41.0. The molecule has 0 aliphatic heterocycles. The van der Waals surface area contributed by atoms with Gasteiger partial charge in [-0.1, -0.05) is 37.5 Å². The van der Waals surface area contributed by atoms with Crippen LogP contribution in [0.3, 0.4) is 0 Å². The Bertz CT molecular complexity index is 1230. The number of fused-ring (bicyclic) bond motifs is 1. The maximum atomic E-state index is 13.0. The average molecular weight is 412 g/mol. The summed E-state index contributed by atoms with van der Waals surface area (Å²) in [6, 6.07) is 6.65. The van der Waals surface area contributed by atoms with Gasteiger partial charge < -0.3 is 5.32 Å². The number of nitro benzene ring substituents is 1. The summed E-state index contributed by atoms with van der Waals surface area (Å²) < 4.78 is 4.02. The highest BCUT2D eigenvalue weighted by Crippen LogP contribution is 2.26. The Morgan fingerprint density at radius 3 is 2.53 bits per heavy atom. The third kappa shape index (κ3) is 3.38. The fourth-order valence-corrected chi connectivity index (χ4v) is 4.13. The molecule has 2 heterocycles. The minimum absolute atomic E-state index is 0.0235. The Morgan fingerprint density at radius 2 is 1.83 bits per heavy atom. The number of benzene rings is 1. The maximum Gasteiger partial charge on any atom is 0.332 e. The van der Waals surface area contributed by atoms with Crippen molar-refractivity contribution in [3.63, 3.8) is 0 Å². The van der Waals surface area contributed by atoms with Crippen LogP contribution in [0.15, 0.2) is 33.9 Å². The van der Waals surface area contributed by atoms with Gasteiger partial charge in [0.2, 0.25) is 5.95 Å². The van der Waals surface area contributed by atoms with Gasteiger partial charge in [0.05, 0.1) is 11.5 Å². The van der Waals surface area contributed by atoms with E-state index in [1.807, 2.05) is 0 Å². The lowest BCUT2D eigenvalue weighted by Crippen LogP contribution is -2.37. The van der Waals surface area contributed by atoms with Gasteiger partial charge in [-0.3, -0.25) is 28.6 Å². The van der Waals surface area contributed by atoms with E-state index in [1.165, 1.54) is 24.1 Å². The van der Waals surface area contributed by atoms with Crippen LogP contribution in [0.2, 0.25) is 0 Å². The number of nitrogens with zero attached hydrogens (tertiary/aromatic N) is 5. The predicted molar refractivity (Wildman–Crippen MR) is 113 cm³/mol. The summed E-state index contributed by atoms with van der Waals surface area (Å²) in [6.07, 6.45) is 5.40. The molecule has 2 aromatic heterocycles. The molecule has 3 aromatic rings. The van der Waals surface area contributed by atoms with Crippen LogP contribution in [0.1, 0.15) is 37.7 Å². The minimum Gasteiger partial charge on any atom is -0.353 e. The molecule has 10 nitrogen and oxygen atoms in total. The largest absolute Gasteiger partial charge is 0.353 e. The van der Waals surface area contributed by atoms with Crippen molar-refractivity contribution in [2.45, 2.75) is 44.7 Å². The second kappa shape index (κ2) is 7.77. The van der Waals surface area contributed by atoms with Crippen LogP contribution in [0.25, 0.3) is 11.2 Å². The predicted octanol–water partition coefficient (Wildman–Crippen LogP) is 2.13. The summed E-state index contributed by atoms with van der Waals surface area (Å²) in [5.74, 6) is 0.452. The quantitative estimate of drug-likeness (QED) is 0.507. The van der Waals surface area contributed by atoms with Crippen LogP contribution in [0, 0.1) is 10.1 Å². The van der Waals surface area contributed by atoms with Crippen LogP contribution in [-0.2, 0) is 20.6 Å². The first-order valence-corrected chi connectivity index (χ1v) is 10.0. The standard InChI is InChI=1S/C20H24N6O4/c1-23-17-16(18(27)24(2)20(23)28)25(12-13-8-6-7-11-15(13)26(29)30)19(22-17)21-14-9-4-3-5-10-14/h6-8,11,14H,3-5,9-10,12H2,1-2H3,(H,21,22). The normalized spacial score (nSPS) is 14.9. The number of rotatable bonds is 5. The van der Waals surface area contributed by atoms with E-state index in [0.29, 0.717) is 11.5 Å². The topological polar surface area (TPSA) is 117 Å². The van der Waals surface area contributed by atoms with Crippen molar-refractivity contribution >= 4 is 22.8 Å². The van der Waals surface area contributed by atoms with E-state index in [1.54, 1.807) is 29.8 Å². The third-order valence-corrected chi connectivity index (χ3v) is 5.80. The summed E-state index contributed by atoms with van der Waals surface area (Å²) in [6.45, 7) is 0.0934. The zero-order chi connectivity index (χ0) is 21.4. The number of nitrogens with one attached hydrogen (secondary N) is 1. The van der Waals surface area contributed by atoms with Crippen molar-refractivity contribution in [2.75, 3.05) is 5.32 Å². The molecule has 1 saturated carbocycles. The molecule has 1 aliphatic rings. The second-order valence-electron chi connectivity index (χ2n) is 7.76. The Balaban J connectivity index is 1.91. The van der Waals surface area contributed by atoms with E-state index in [4.69, 9.17) is 0 Å².